The van der Waals surface area contributed by atoms with Crippen molar-refractivity contribution >= 4 is 19.7 Å². The van der Waals surface area contributed by atoms with Crippen molar-refractivity contribution in [2.75, 3.05) is 20.6 Å². The van der Waals surface area contributed by atoms with Crippen LogP contribution < -0.4 is 0 Å². The molecule has 6 nitrogen and oxygen atoms in total. The third-order valence-corrected chi connectivity index (χ3v) is 3.26. The van der Waals surface area contributed by atoms with Crippen molar-refractivity contribution in [3.63, 3.8) is 0 Å². The van der Waals surface area contributed by atoms with Crippen LogP contribution in [0.2, 0.25) is 0 Å². The van der Waals surface area contributed by atoms with Gasteiger partial charge in [0.25, 0.3) is 14.2 Å². The summed E-state index contributed by atoms with van der Waals surface area (Å²) in [6.07, 6.45) is 0.639. The number of rotatable bonds is 5. The Labute approximate surface area is 99.6 Å². The number of hydrogen-bond acceptors (Lipinski definition) is 5. The number of hydrogen-bond donors (Lipinski definition) is 0. The van der Waals surface area contributed by atoms with Crippen molar-refractivity contribution in [1.82, 2.24) is 19.7 Å². The Morgan fingerprint density at radius 2 is 2.00 bits per heavy atom. The van der Waals surface area contributed by atoms with E-state index in [1.165, 1.54) is 4.57 Å². The summed E-state index contributed by atoms with van der Waals surface area (Å²) in [6, 6.07) is 0. The van der Waals surface area contributed by atoms with Gasteiger partial charge in [-0.05, 0) is 21.0 Å². The van der Waals surface area contributed by atoms with E-state index in [4.69, 9.17) is 10.7 Å². The SMILES string of the molecule is CCn1c(CCN(C)C)nnc1S(=O)(=O)Cl. The second kappa shape index (κ2) is 5.11. The second-order valence-corrected chi connectivity index (χ2v) is 6.09. The molecule has 0 fully saturated rings. The number of nitrogens with zero attached hydrogens (tertiary/aromatic N) is 4. The van der Waals surface area contributed by atoms with E-state index < -0.39 is 9.05 Å². The standard InChI is InChI=1S/C8H15ClN4O2S/c1-4-13-7(5-6-12(2)3)10-11-8(13)16(9,14)15/h4-6H2,1-3H3. The molecule has 0 N–H and O–H groups in total. The molecule has 0 atom stereocenters. The lowest BCUT2D eigenvalue weighted by Gasteiger charge is -2.09. The molecule has 0 aromatic carbocycles. The van der Waals surface area contributed by atoms with Gasteiger partial charge in [-0.25, -0.2) is 8.42 Å². The molecule has 1 aromatic rings. The third kappa shape index (κ3) is 3.16. The molecule has 1 heterocycles. The van der Waals surface area contributed by atoms with Crippen LogP contribution in [0.25, 0.3) is 0 Å². The molecule has 0 aliphatic heterocycles. The van der Waals surface area contributed by atoms with Gasteiger partial charge in [0.2, 0.25) is 0 Å². The molecular weight excluding hydrogens is 252 g/mol. The van der Waals surface area contributed by atoms with Crippen LogP contribution in [0.3, 0.4) is 0 Å². The summed E-state index contributed by atoms with van der Waals surface area (Å²) >= 11 is 0. The average Bonchev–Trinajstić information content (AvgIpc) is 2.56. The molecule has 1 rings (SSSR count). The topological polar surface area (TPSA) is 68.1 Å². The van der Waals surface area contributed by atoms with Crippen molar-refractivity contribution in [3.8, 4) is 0 Å². The molecule has 0 saturated carbocycles. The highest BCUT2D eigenvalue weighted by atomic mass is 35.7. The molecule has 0 aliphatic rings. The molecule has 16 heavy (non-hydrogen) atoms. The van der Waals surface area contributed by atoms with E-state index in [2.05, 4.69) is 10.2 Å². The van der Waals surface area contributed by atoms with Gasteiger partial charge >= 0.3 is 0 Å². The Kier molecular flexibility index (Phi) is 4.28. The Balaban J connectivity index is 3.00. The van der Waals surface area contributed by atoms with Crippen LogP contribution in [0, 0.1) is 0 Å². The zero-order chi connectivity index (χ0) is 12.3. The van der Waals surface area contributed by atoms with Crippen LogP contribution >= 0.6 is 10.7 Å². The van der Waals surface area contributed by atoms with E-state index in [1.807, 2.05) is 25.9 Å². The van der Waals surface area contributed by atoms with Gasteiger partial charge in [-0.1, -0.05) is 0 Å². The van der Waals surface area contributed by atoms with Gasteiger partial charge in [0.15, 0.2) is 0 Å². The highest BCUT2D eigenvalue weighted by Gasteiger charge is 2.21. The van der Waals surface area contributed by atoms with Crippen LogP contribution in [-0.4, -0.2) is 48.7 Å². The van der Waals surface area contributed by atoms with Gasteiger partial charge in [-0.3, -0.25) is 0 Å². The normalized spacial score (nSPS) is 12.3. The third-order valence-electron chi connectivity index (χ3n) is 2.11. The van der Waals surface area contributed by atoms with Crippen molar-refractivity contribution < 1.29 is 8.42 Å². The van der Waals surface area contributed by atoms with Gasteiger partial charge in [-0.2, -0.15) is 0 Å². The fourth-order valence-electron chi connectivity index (χ4n) is 1.33. The zero-order valence-corrected chi connectivity index (χ0v) is 11.1. The predicted molar refractivity (Wildman–Crippen MR) is 61.0 cm³/mol. The minimum absolute atomic E-state index is 0.176. The van der Waals surface area contributed by atoms with Gasteiger partial charge in [0.05, 0.1) is 0 Å². The first-order chi connectivity index (χ1) is 7.36. The Bertz CT molecular complexity index is 455. The van der Waals surface area contributed by atoms with E-state index in [0.29, 0.717) is 18.8 Å². The van der Waals surface area contributed by atoms with Crippen LogP contribution in [0.15, 0.2) is 5.16 Å². The summed E-state index contributed by atoms with van der Waals surface area (Å²) in [4.78, 5) is 1.99. The Morgan fingerprint density at radius 3 is 2.44 bits per heavy atom. The first-order valence-electron chi connectivity index (χ1n) is 4.87. The first kappa shape index (κ1) is 13.4. The summed E-state index contributed by atoms with van der Waals surface area (Å²) in [6.45, 7) is 3.09. The lowest BCUT2D eigenvalue weighted by Crippen LogP contribution is -2.18. The monoisotopic (exact) mass is 266 g/mol. The molecule has 8 heteroatoms. The Hall–Kier alpha value is -0.660. The minimum atomic E-state index is -3.82. The molecule has 0 saturated heterocycles. The summed E-state index contributed by atoms with van der Waals surface area (Å²) < 4.78 is 23.9. The second-order valence-electron chi connectivity index (χ2n) is 3.63. The molecule has 0 radical (unpaired) electrons. The van der Waals surface area contributed by atoms with Crippen LogP contribution in [0.1, 0.15) is 12.7 Å². The van der Waals surface area contributed by atoms with E-state index in [-0.39, 0.29) is 5.16 Å². The van der Waals surface area contributed by atoms with Crippen LogP contribution in [-0.2, 0) is 22.0 Å². The molecule has 0 bridgehead atoms. The van der Waals surface area contributed by atoms with Crippen LogP contribution in [0.5, 0.6) is 0 Å². The molecule has 0 amide bonds. The quantitative estimate of drug-likeness (QED) is 0.719. The van der Waals surface area contributed by atoms with Gasteiger partial charge < -0.3 is 9.47 Å². The van der Waals surface area contributed by atoms with Crippen molar-refractivity contribution in [1.29, 1.82) is 0 Å². The van der Waals surface area contributed by atoms with E-state index in [1.54, 1.807) is 0 Å². The fraction of sp³-hybridized carbons (Fsp3) is 0.750. The number of likely N-dealkylation sites (N-methyl/N-ethyl adjacent to an activating group) is 1. The maximum absolute atomic E-state index is 11.2. The fourth-order valence-corrected chi connectivity index (χ4v) is 2.30. The van der Waals surface area contributed by atoms with Gasteiger partial charge in [0, 0.05) is 30.2 Å². The maximum Gasteiger partial charge on any atom is 0.296 e. The molecular formula is C8H15ClN4O2S. The number of halogens is 1. The minimum Gasteiger partial charge on any atom is -0.309 e. The smallest absolute Gasteiger partial charge is 0.296 e. The van der Waals surface area contributed by atoms with Crippen molar-refractivity contribution in [2.45, 2.75) is 25.0 Å². The van der Waals surface area contributed by atoms with Crippen molar-refractivity contribution in [3.05, 3.63) is 5.82 Å². The highest BCUT2D eigenvalue weighted by Crippen LogP contribution is 2.14. The molecule has 0 aliphatic carbocycles. The zero-order valence-electron chi connectivity index (χ0n) is 9.51. The summed E-state index contributed by atoms with van der Waals surface area (Å²) in [7, 11) is 5.31. The molecule has 1 aromatic heterocycles. The molecule has 0 unspecified atom stereocenters. The Morgan fingerprint density at radius 1 is 1.38 bits per heavy atom. The maximum atomic E-state index is 11.2. The van der Waals surface area contributed by atoms with E-state index >= 15 is 0 Å². The van der Waals surface area contributed by atoms with Gasteiger partial charge in [0.1, 0.15) is 5.82 Å². The van der Waals surface area contributed by atoms with Crippen molar-refractivity contribution in [2.24, 2.45) is 0 Å². The van der Waals surface area contributed by atoms with E-state index in [9.17, 15) is 8.42 Å². The van der Waals surface area contributed by atoms with Crippen LogP contribution in [0.4, 0.5) is 0 Å². The lowest BCUT2D eigenvalue weighted by atomic mass is 10.4. The number of aromatic nitrogens is 3. The predicted octanol–water partition coefficient (Wildman–Crippen LogP) is 0.330. The largest absolute Gasteiger partial charge is 0.309 e. The lowest BCUT2D eigenvalue weighted by molar-refractivity contribution is 0.405. The summed E-state index contributed by atoms with van der Waals surface area (Å²) in [5.41, 5.74) is 0. The summed E-state index contributed by atoms with van der Waals surface area (Å²) in [5, 5.41) is 7.28. The summed E-state index contributed by atoms with van der Waals surface area (Å²) in [5.74, 6) is 0.635. The molecule has 92 valence electrons. The average molecular weight is 267 g/mol. The van der Waals surface area contributed by atoms with Gasteiger partial charge in [-0.15, -0.1) is 10.2 Å². The van der Waals surface area contributed by atoms with E-state index in [0.717, 1.165) is 6.54 Å². The molecule has 0 spiro atoms. The highest BCUT2D eigenvalue weighted by molar-refractivity contribution is 8.13. The first-order valence-corrected chi connectivity index (χ1v) is 7.18.